The summed E-state index contributed by atoms with van der Waals surface area (Å²) in [5.41, 5.74) is 3.44. The van der Waals surface area contributed by atoms with Crippen LogP contribution in [-0.4, -0.2) is 30.0 Å². The Morgan fingerprint density at radius 1 is 1.17 bits per heavy atom. The molecule has 0 saturated carbocycles. The molecule has 0 bridgehead atoms. The lowest BCUT2D eigenvalue weighted by atomic mass is 10.1. The Morgan fingerprint density at radius 3 is 2.54 bits per heavy atom. The number of benzene rings is 1. The van der Waals surface area contributed by atoms with Crippen LogP contribution in [0.15, 0.2) is 30.3 Å². The van der Waals surface area contributed by atoms with Gasteiger partial charge in [0.2, 0.25) is 0 Å². The highest BCUT2D eigenvalue weighted by Gasteiger charge is 2.22. The monoisotopic (exact) mass is 328 g/mol. The number of rotatable bonds is 7. The summed E-state index contributed by atoms with van der Waals surface area (Å²) in [5, 5.41) is 2.92. The highest BCUT2D eigenvalue weighted by molar-refractivity contribution is 6.01. The Morgan fingerprint density at radius 2 is 1.88 bits per heavy atom. The molecule has 2 aromatic rings. The number of hydrogen-bond acceptors (Lipinski definition) is 3. The van der Waals surface area contributed by atoms with Gasteiger partial charge in [-0.25, -0.2) is 4.79 Å². The molecule has 1 aromatic carbocycles. The van der Waals surface area contributed by atoms with Crippen LogP contribution >= 0.6 is 0 Å². The van der Waals surface area contributed by atoms with Crippen LogP contribution in [0.3, 0.4) is 0 Å². The first kappa shape index (κ1) is 17.8. The number of hydrogen-bond donors (Lipinski definition) is 2. The van der Waals surface area contributed by atoms with E-state index in [-0.39, 0.29) is 5.91 Å². The smallest absolute Gasteiger partial charge is 0.355 e. The van der Waals surface area contributed by atoms with Crippen LogP contribution < -0.4 is 5.32 Å². The number of carbonyl (C=O) groups excluding carboxylic acids is 2. The van der Waals surface area contributed by atoms with Crippen molar-refractivity contribution in [2.24, 2.45) is 0 Å². The molecule has 0 fully saturated rings. The fourth-order valence-electron chi connectivity index (χ4n) is 2.73. The van der Waals surface area contributed by atoms with Crippen molar-refractivity contribution in [3.63, 3.8) is 0 Å². The molecule has 0 aliphatic carbocycles. The van der Waals surface area contributed by atoms with Gasteiger partial charge in [0.05, 0.1) is 12.2 Å². The minimum Gasteiger partial charge on any atom is -0.461 e. The van der Waals surface area contributed by atoms with Crippen molar-refractivity contribution in [1.82, 2.24) is 10.3 Å². The number of aryl methyl sites for hydroxylation is 2. The van der Waals surface area contributed by atoms with Gasteiger partial charge in [-0.1, -0.05) is 30.3 Å². The number of carbonyl (C=O) groups is 2. The maximum atomic E-state index is 12.4. The van der Waals surface area contributed by atoms with E-state index in [1.54, 1.807) is 20.8 Å². The van der Waals surface area contributed by atoms with E-state index in [0.29, 0.717) is 35.7 Å². The summed E-state index contributed by atoms with van der Waals surface area (Å²) in [6.07, 6.45) is 1.78. The standard InChI is InChI=1S/C19H24N2O3/c1-4-24-19(23)17-13(2)16(14(3)21-17)18(22)20-12-8-11-15-9-6-5-7-10-15/h5-7,9-10,21H,4,8,11-12H2,1-3H3,(H,20,22). The Labute approximate surface area is 142 Å². The Kier molecular flexibility index (Phi) is 6.18. The average molecular weight is 328 g/mol. The van der Waals surface area contributed by atoms with Gasteiger partial charge in [-0.2, -0.15) is 0 Å². The second-order valence-corrected chi connectivity index (χ2v) is 5.69. The molecule has 1 heterocycles. The fourth-order valence-corrected chi connectivity index (χ4v) is 2.73. The SMILES string of the molecule is CCOC(=O)c1[nH]c(C)c(C(=O)NCCCc2ccccc2)c1C. The predicted octanol–water partition coefficient (Wildman–Crippen LogP) is 3.17. The van der Waals surface area contributed by atoms with Crippen molar-refractivity contribution in [1.29, 1.82) is 0 Å². The van der Waals surface area contributed by atoms with Gasteiger partial charge in [-0.15, -0.1) is 0 Å². The average Bonchev–Trinajstić information content (AvgIpc) is 2.87. The number of esters is 1. The lowest BCUT2D eigenvalue weighted by Gasteiger charge is -2.06. The molecule has 0 radical (unpaired) electrons. The molecule has 1 amide bonds. The van der Waals surface area contributed by atoms with Crippen LogP contribution in [0, 0.1) is 13.8 Å². The van der Waals surface area contributed by atoms with Crippen molar-refractivity contribution in [2.75, 3.05) is 13.2 Å². The van der Waals surface area contributed by atoms with Crippen LogP contribution in [0.4, 0.5) is 0 Å². The van der Waals surface area contributed by atoms with Crippen molar-refractivity contribution in [3.8, 4) is 0 Å². The molecule has 2 N–H and O–H groups in total. The summed E-state index contributed by atoms with van der Waals surface area (Å²) in [6.45, 7) is 6.19. The first-order valence-electron chi connectivity index (χ1n) is 8.23. The molecule has 0 unspecified atom stereocenters. The van der Waals surface area contributed by atoms with Crippen LogP contribution in [0.1, 0.15) is 51.0 Å². The van der Waals surface area contributed by atoms with E-state index >= 15 is 0 Å². The number of amides is 1. The van der Waals surface area contributed by atoms with Gasteiger partial charge >= 0.3 is 5.97 Å². The highest BCUT2D eigenvalue weighted by Crippen LogP contribution is 2.18. The third-order valence-electron chi connectivity index (χ3n) is 3.91. The van der Waals surface area contributed by atoms with E-state index in [9.17, 15) is 9.59 Å². The maximum Gasteiger partial charge on any atom is 0.355 e. The lowest BCUT2D eigenvalue weighted by Crippen LogP contribution is -2.25. The molecule has 0 spiro atoms. The van der Waals surface area contributed by atoms with Crippen LogP contribution in [-0.2, 0) is 11.2 Å². The molecular weight excluding hydrogens is 304 g/mol. The summed E-state index contributed by atoms with van der Waals surface area (Å²) in [6, 6.07) is 10.2. The van der Waals surface area contributed by atoms with Crippen LogP contribution in [0.2, 0.25) is 0 Å². The number of nitrogens with one attached hydrogen (secondary N) is 2. The summed E-state index contributed by atoms with van der Waals surface area (Å²) in [5.74, 6) is -0.592. The first-order valence-corrected chi connectivity index (χ1v) is 8.23. The third kappa shape index (κ3) is 4.25. The quantitative estimate of drug-likeness (QED) is 0.606. The molecule has 0 saturated heterocycles. The summed E-state index contributed by atoms with van der Waals surface area (Å²) < 4.78 is 5.00. The van der Waals surface area contributed by atoms with Crippen LogP contribution in [0.5, 0.6) is 0 Å². The number of H-pyrrole nitrogens is 1. The first-order chi connectivity index (χ1) is 11.5. The van der Waals surface area contributed by atoms with Gasteiger partial charge in [-0.3, -0.25) is 4.79 Å². The van der Waals surface area contributed by atoms with Gasteiger partial charge in [0, 0.05) is 12.2 Å². The van der Waals surface area contributed by atoms with E-state index < -0.39 is 5.97 Å². The van der Waals surface area contributed by atoms with E-state index in [0.717, 1.165) is 12.8 Å². The second-order valence-electron chi connectivity index (χ2n) is 5.69. The minimum absolute atomic E-state index is 0.162. The summed E-state index contributed by atoms with van der Waals surface area (Å²) >= 11 is 0. The molecule has 1 aromatic heterocycles. The van der Waals surface area contributed by atoms with E-state index in [2.05, 4.69) is 22.4 Å². The molecule has 24 heavy (non-hydrogen) atoms. The van der Waals surface area contributed by atoms with Gasteiger partial charge in [0.25, 0.3) is 5.91 Å². The Hall–Kier alpha value is -2.56. The third-order valence-corrected chi connectivity index (χ3v) is 3.91. The normalized spacial score (nSPS) is 10.5. The zero-order valence-electron chi connectivity index (χ0n) is 14.4. The van der Waals surface area contributed by atoms with Gasteiger partial charge in [0.15, 0.2) is 0 Å². The molecule has 2 rings (SSSR count). The molecular formula is C19H24N2O3. The van der Waals surface area contributed by atoms with Crippen molar-refractivity contribution in [2.45, 2.75) is 33.6 Å². The van der Waals surface area contributed by atoms with Crippen LogP contribution in [0.25, 0.3) is 0 Å². The van der Waals surface area contributed by atoms with Crippen molar-refractivity contribution >= 4 is 11.9 Å². The number of aromatic amines is 1. The number of ether oxygens (including phenoxy) is 1. The highest BCUT2D eigenvalue weighted by atomic mass is 16.5. The van der Waals surface area contributed by atoms with E-state index in [1.165, 1.54) is 5.56 Å². The topological polar surface area (TPSA) is 71.2 Å². The predicted molar refractivity (Wildman–Crippen MR) is 93.3 cm³/mol. The van der Waals surface area contributed by atoms with Gasteiger partial charge in [-0.05, 0) is 44.7 Å². The molecule has 0 aliphatic heterocycles. The van der Waals surface area contributed by atoms with Gasteiger partial charge in [0.1, 0.15) is 5.69 Å². The van der Waals surface area contributed by atoms with Crippen molar-refractivity contribution < 1.29 is 14.3 Å². The number of aromatic nitrogens is 1. The lowest BCUT2D eigenvalue weighted by molar-refractivity contribution is 0.0519. The largest absolute Gasteiger partial charge is 0.461 e. The summed E-state index contributed by atoms with van der Waals surface area (Å²) in [7, 11) is 0. The Bertz CT molecular complexity index is 705. The second kappa shape index (κ2) is 8.34. The Balaban J connectivity index is 1.93. The molecule has 5 nitrogen and oxygen atoms in total. The molecule has 0 aliphatic rings. The summed E-state index contributed by atoms with van der Waals surface area (Å²) in [4.78, 5) is 27.3. The van der Waals surface area contributed by atoms with Crippen molar-refractivity contribution in [3.05, 3.63) is 58.4 Å². The molecule has 128 valence electrons. The fraction of sp³-hybridized carbons (Fsp3) is 0.368. The minimum atomic E-state index is -0.429. The van der Waals surface area contributed by atoms with Gasteiger partial charge < -0.3 is 15.0 Å². The molecule has 5 heteroatoms. The zero-order chi connectivity index (χ0) is 17.5. The van der Waals surface area contributed by atoms with E-state index in [4.69, 9.17) is 4.74 Å². The zero-order valence-corrected chi connectivity index (χ0v) is 14.4. The molecule has 0 atom stereocenters. The maximum absolute atomic E-state index is 12.4. The van der Waals surface area contributed by atoms with E-state index in [1.807, 2.05) is 18.2 Å².